The zero-order chi connectivity index (χ0) is 22.1. The predicted molar refractivity (Wildman–Crippen MR) is 118 cm³/mol. The van der Waals surface area contributed by atoms with Crippen molar-refractivity contribution in [3.8, 4) is 11.5 Å². The van der Waals surface area contributed by atoms with Crippen molar-refractivity contribution in [1.82, 2.24) is 0 Å². The van der Waals surface area contributed by atoms with E-state index in [-0.39, 0.29) is 29.0 Å². The molecule has 0 amide bonds. The first-order chi connectivity index (χ1) is 15.0. The third-order valence-corrected chi connectivity index (χ3v) is 5.43. The highest BCUT2D eigenvalue weighted by Crippen LogP contribution is 2.39. The summed E-state index contributed by atoms with van der Waals surface area (Å²) < 4.78 is 11.1. The van der Waals surface area contributed by atoms with E-state index in [0.29, 0.717) is 11.1 Å². The van der Waals surface area contributed by atoms with E-state index in [9.17, 15) is 19.8 Å². The normalized spacial score (nSPS) is 10.9. The number of carboxylic acid groups (broad SMARTS) is 2. The molecular weight excluding hydrogens is 396 g/mol. The van der Waals surface area contributed by atoms with Gasteiger partial charge in [-0.25, -0.2) is 9.59 Å². The molecule has 0 saturated carbocycles. The van der Waals surface area contributed by atoms with Gasteiger partial charge in [0.05, 0.1) is 14.2 Å². The van der Waals surface area contributed by atoms with Crippen LogP contribution in [-0.2, 0) is 6.42 Å². The standard InChI is InChI=1S/C25H20O6/c1-30-22-18(16-9-5-3-7-14(16)11-20(22)24(26)27)13-19-17-10-6-4-8-15(17)12-21(25(28)29)23(19)31-2/h3-12H,13H2,1-2H3,(H,26,27)(H,28,29). The molecule has 0 saturated heterocycles. The molecule has 0 spiro atoms. The van der Waals surface area contributed by atoms with Crippen LogP contribution in [0, 0.1) is 0 Å². The molecule has 0 aliphatic rings. The monoisotopic (exact) mass is 416 g/mol. The van der Waals surface area contributed by atoms with E-state index in [4.69, 9.17) is 9.47 Å². The van der Waals surface area contributed by atoms with E-state index in [1.165, 1.54) is 14.2 Å². The summed E-state index contributed by atoms with van der Waals surface area (Å²) in [5.41, 5.74) is 1.41. The number of hydrogen-bond acceptors (Lipinski definition) is 4. The van der Waals surface area contributed by atoms with Gasteiger partial charge in [0, 0.05) is 17.5 Å². The Labute approximate surface area is 178 Å². The largest absolute Gasteiger partial charge is 0.496 e. The number of ether oxygens (including phenoxy) is 2. The van der Waals surface area contributed by atoms with Gasteiger partial charge in [-0.3, -0.25) is 0 Å². The fourth-order valence-corrected chi connectivity index (χ4v) is 4.12. The Morgan fingerprint density at radius 1 is 0.710 bits per heavy atom. The molecule has 4 aromatic carbocycles. The number of methoxy groups -OCH3 is 2. The van der Waals surface area contributed by atoms with Crippen LogP contribution in [0.3, 0.4) is 0 Å². The first-order valence-electron chi connectivity index (χ1n) is 9.60. The number of hydrogen-bond donors (Lipinski definition) is 2. The molecule has 4 aromatic rings. The van der Waals surface area contributed by atoms with Gasteiger partial charge in [0.2, 0.25) is 0 Å². The minimum Gasteiger partial charge on any atom is -0.496 e. The molecule has 0 aliphatic heterocycles. The smallest absolute Gasteiger partial charge is 0.339 e. The zero-order valence-corrected chi connectivity index (χ0v) is 17.0. The van der Waals surface area contributed by atoms with Crippen molar-refractivity contribution in [3.63, 3.8) is 0 Å². The van der Waals surface area contributed by atoms with Gasteiger partial charge in [-0.15, -0.1) is 0 Å². The summed E-state index contributed by atoms with van der Waals surface area (Å²) in [6.45, 7) is 0. The minimum absolute atomic E-state index is 0.0499. The Hall–Kier alpha value is -4.06. The first kappa shape index (κ1) is 20.2. The number of fused-ring (bicyclic) bond motifs is 2. The van der Waals surface area contributed by atoms with E-state index >= 15 is 0 Å². The summed E-state index contributed by atoms with van der Waals surface area (Å²) in [6.07, 6.45) is 0.232. The fraction of sp³-hybridized carbons (Fsp3) is 0.120. The molecule has 6 nitrogen and oxygen atoms in total. The maximum Gasteiger partial charge on any atom is 0.339 e. The molecule has 2 N–H and O–H groups in total. The van der Waals surface area contributed by atoms with E-state index in [0.717, 1.165) is 21.5 Å². The molecular formula is C25H20O6. The van der Waals surface area contributed by atoms with Crippen molar-refractivity contribution in [2.75, 3.05) is 14.2 Å². The van der Waals surface area contributed by atoms with Crippen LogP contribution in [0.15, 0.2) is 60.7 Å². The maximum absolute atomic E-state index is 11.9. The second-order valence-corrected chi connectivity index (χ2v) is 7.10. The lowest BCUT2D eigenvalue weighted by Gasteiger charge is -2.19. The molecule has 0 aromatic heterocycles. The molecule has 156 valence electrons. The van der Waals surface area contributed by atoms with Gasteiger partial charge in [-0.2, -0.15) is 0 Å². The Balaban J connectivity index is 2.09. The molecule has 4 rings (SSSR count). The Morgan fingerprint density at radius 2 is 1.10 bits per heavy atom. The molecule has 0 unspecified atom stereocenters. The third-order valence-electron chi connectivity index (χ3n) is 5.43. The molecule has 0 atom stereocenters. The average molecular weight is 416 g/mol. The quantitative estimate of drug-likeness (QED) is 0.460. The summed E-state index contributed by atoms with van der Waals surface area (Å²) in [7, 11) is 2.87. The van der Waals surface area contributed by atoms with Crippen molar-refractivity contribution in [3.05, 3.63) is 82.9 Å². The van der Waals surface area contributed by atoms with Crippen molar-refractivity contribution in [1.29, 1.82) is 0 Å². The lowest BCUT2D eigenvalue weighted by molar-refractivity contribution is 0.0682. The van der Waals surface area contributed by atoms with Gasteiger partial charge in [0.1, 0.15) is 22.6 Å². The summed E-state index contributed by atoms with van der Waals surface area (Å²) in [5.74, 6) is -1.70. The Kier molecular flexibility index (Phi) is 5.21. The van der Waals surface area contributed by atoms with E-state index in [1.807, 2.05) is 48.5 Å². The summed E-state index contributed by atoms with van der Waals surface area (Å²) in [4.78, 5) is 23.9. The van der Waals surface area contributed by atoms with Gasteiger partial charge in [0.25, 0.3) is 0 Å². The molecule has 31 heavy (non-hydrogen) atoms. The summed E-state index contributed by atoms with van der Waals surface area (Å²) >= 11 is 0. The SMILES string of the molecule is COc1c(C(=O)O)cc2ccccc2c1Cc1c(OC)c(C(=O)O)cc2ccccc12. The van der Waals surface area contributed by atoms with Crippen LogP contribution < -0.4 is 9.47 Å². The Bertz CT molecular complexity index is 1240. The highest BCUT2D eigenvalue weighted by atomic mass is 16.5. The number of aromatic carboxylic acids is 2. The van der Waals surface area contributed by atoms with Crippen LogP contribution in [0.25, 0.3) is 21.5 Å². The lowest BCUT2D eigenvalue weighted by atomic mass is 9.90. The van der Waals surface area contributed by atoms with Crippen LogP contribution in [0.1, 0.15) is 31.8 Å². The molecule has 0 aliphatic carbocycles. The summed E-state index contributed by atoms with van der Waals surface area (Å²) in [6, 6.07) is 18.1. The van der Waals surface area contributed by atoms with Gasteiger partial charge in [-0.1, -0.05) is 48.5 Å². The van der Waals surface area contributed by atoms with Gasteiger partial charge >= 0.3 is 11.9 Å². The van der Waals surface area contributed by atoms with E-state index < -0.39 is 11.9 Å². The highest BCUT2D eigenvalue weighted by molar-refractivity contribution is 6.02. The molecule has 0 heterocycles. The van der Waals surface area contributed by atoms with Crippen LogP contribution in [-0.4, -0.2) is 36.4 Å². The van der Waals surface area contributed by atoms with E-state index in [2.05, 4.69) is 0 Å². The van der Waals surface area contributed by atoms with Crippen molar-refractivity contribution in [2.24, 2.45) is 0 Å². The van der Waals surface area contributed by atoms with Crippen molar-refractivity contribution < 1.29 is 29.3 Å². The topological polar surface area (TPSA) is 93.1 Å². The Morgan fingerprint density at radius 3 is 1.45 bits per heavy atom. The third kappa shape index (κ3) is 3.42. The molecule has 0 radical (unpaired) electrons. The van der Waals surface area contributed by atoms with Gasteiger partial charge in [-0.05, 0) is 33.7 Å². The predicted octanol–water partition coefficient (Wildman–Crippen LogP) is 5.00. The number of rotatable bonds is 6. The number of carboxylic acids is 2. The highest BCUT2D eigenvalue weighted by Gasteiger charge is 2.24. The second-order valence-electron chi connectivity index (χ2n) is 7.10. The van der Waals surface area contributed by atoms with Crippen LogP contribution in [0.4, 0.5) is 0 Å². The lowest BCUT2D eigenvalue weighted by Crippen LogP contribution is -2.08. The molecule has 0 fully saturated rings. The maximum atomic E-state index is 11.9. The second kappa shape index (κ2) is 7.99. The fourth-order valence-electron chi connectivity index (χ4n) is 4.12. The minimum atomic E-state index is -1.10. The van der Waals surface area contributed by atoms with Crippen molar-refractivity contribution >= 4 is 33.5 Å². The number of carbonyl (C=O) groups is 2. The zero-order valence-electron chi connectivity index (χ0n) is 17.0. The number of benzene rings is 4. The summed E-state index contributed by atoms with van der Waals surface area (Å²) in [5, 5.41) is 22.7. The van der Waals surface area contributed by atoms with Crippen molar-refractivity contribution in [2.45, 2.75) is 6.42 Å². The van der Waals surface area contributed by atoms with Gasteiger partial charge < -0.3 is 19.7 Å². The van der Waals surface area contributed by atoms with E-state index in [1.54, 1.807) is 12.1 Å². The van der Waals surface area contributed by atoms with Crippen LogP contribution in [0.5, 0.6) is 11.5 Å². The van der Waals surface area contributed by atoms with Crippen LogP contribution >= 0.6 is 0 Å². The van der Waals surface area contributed by atoms with Gasteiger partial charge in [0.15, 0.2) is 0 Å². The first-order valence-corrected chi connectivity index (χ1v) is 9.60. The van der Waals surface area contributed by atoms with Crippen LogP contribution in [0.2, 0.25) is 0 Å². The average Bonchev–Trinajstić information content (AvgIpc) is 2.78. The molecule has 6 heteroatoms. The molecule has 0 bridgehead atoms.